The van der Waals surface area contributed by atoms with E-state index in [9.17, 15) is 18.0 Å². The molecule has 6 nitrogen and oxygen atoms in total. The van der Waals surface area contributed by atoms with Crippen LogP contribution in [0.2, 0.25) is 5.02 Å². The van der Waals surface area contributed by atoms with E-state index in [1.165, 1.54) is 19.5 Å². The molecule has 10 heteroatoms. The molecule has 0 fully saturated rings. The lowest BCUT2D eigenvalue weighted by atomic mass is 10.2. The zero-order valence-corrected chi connectivity index (χ0v) is 12.4. The minimum atomic E-state index is -4.67. The van der Waals surface area contributed by atoms with Crippen molar-refractivity contribution in [3.05, 3.63) is 46.8 Å². The van der Waals surface area contributed by atoms with Gasteiger partial charge in [-0.15, -0.1) is 0 Å². The van der Waals surface area contributed by atoms with Crippen LogP contribution >= 0.6 is 11.6 Å². The first-order chi connectivity index (χ1) is 10.8. The van der Waals surface area contributed by atoms with E-state index in [4.69, 9.17) is 16.3 Å². The number of halogens is 4. The smallest absolute Gasteiger partial charge is 0.433 e. The van der Waals surface area contributed by atoms with Gasteiger partial charge in [0.15, 0.2) is 5.69 Å². The van der Waals surface area contributed by atoms with Crippen LogP contribution in [0.4, 0.5) is 13.2 Å². The molecule has 0 aromatic carbocycles. The average Bonchev–Trinajstić information content (AvgIpc) is 2.52. The molecule has 0 atom stereocenters. The van der Waals surface area contributed by atoms with E-state index in [0.29, 0.717) is 5.02 Å². The van der Waals surface area contributed by atoms with Gasteiger partial charge in [0.05, 0.1) is 18.7 Å². The maximum Gasteiger partial charge on any atom is 0.433 e. The van der Waals surface area contributed by atoms with Gasteiger partial charge in [-0.25, -0.2) is 15.0 Å². The third-order valence-corrected chi connectivity index (χ3v) is 2.86. The summed E-state index contributed by atoms with van der Waals surface area (Å²) in [5.74, 6) is -0.673. The largest absolute Gasteiger partial charge is 0.494 e. The standard InChI is InChI=1S/C13H10ClF3N4O2/c1-23-8-2-3-9(13(15,16)17)21-11(8)12(22)20-6-10-18-4-7(14)5-19-10/h2-5H,6H2,1H3,(H,20,22). The highest BCUT2D eigenvalue weighted by atomic mass is 35.5. The highest BCUT2D eigenvalue weighted by Crippen LogP contribution is 2.29. The second kappa shape index (κ2) is 6.78. The molecule has 0 aliphatic rings. The van der Waals surface area contributed by atoms with Gasteiger partial charge in [-0.1, -0.05) is 11.6 Å². The van der Waals surface area contributed by atoms with Gasteiger partial charge in [0.2, 0.25) is 0 Å². The quantitative estimate of drug-likeness (QED) is 0.920. The molecule has 0 aliphatic carbocycles. The molecule has 0 bridgehead atoms. The van der Waals surface area contributed by atoms with Gasteiger partial charge in [-0.2, -0.15) is 13.2 Å². The van der Waals surface area contributed by atoms with E-state index in [-0.39, 0.29) is 18.1 Å². The average molecular weight is 347 g/mol. The lowest BCUT2D eigenvalue weighted by Gasteiger charge is -2.11. The molecule has 0 aliphatic heterocycles. The number of aromatic nitrogens is 3. The topological polar surface area (TPSA) is 77.0 Å². The first kappa shape index (κ1) is 16.9. The molecule has 0 saturated carbocycles. The van der Waals surface area contributed by atoms with E-state index in [1.54, 1.807) is 0 Å². The number of alkyl halides is 3. The molecular weight excluding hydrogens is 337 g/mol. The molecule has 2 heterocycles. The summed E-state index contributed by atoms with van der Waals surface area (Å²) in [6, 6.07) is 1.77. The van der Waals surface area contributed by atoms with Crippen molar-refractivity contribution in [1.82, 2.24) is 20.3 Å². The monoisotopic (exact) mass is 346 g/mol. The summed E-state index contributed by atoms with van der Waals surface area (Å²) in [5.41, 5.74) is -1.66. The van der Waals surface area contributed by atoms with E-state index in [1.807, 2.05) is 0 Å². The Bertz CT molecular complexity index is 707. The number of ether oxygens (including phenoxy) is 1. The second-order valence-electron chi connectivity index (χ2n) is 4.25. The molecule has 1 N–H and O–H groups in total. The third-order valence-electron chi connectivity index (χ3n) is 2.66. The maximum atomic E-state index is 12.7. The van der Waals surface area contributed by atoms with Crippen molar-refractivity contribution in [2.75, 3.05) is 7.11 Å². The predicted molar refractivity (Wildman–Crippen MR) is 74.0 cm³/mol. The molecule has 0 spiro atoms. The molecule has 122 valence electrons. The van der Waals surface area contributed by atoms with E-state index >= 15 is 0 Å². The van der Waals surface area contributed by atoms with Crippen LogP contribution in [0.1, 0.15) is 22.0 Å². The molecule has 23 heavy (non-hydrogen) atoms. The number of amides is 1. The van der Waals surface area contributed by atoms with Gasteiger partial charge in [0.25, 0.3) is 5.91 Å². The molecule has 0 saturated heterocycles. The first-order valence-electron chi connectivity index (χ1n) is 6.18. The highest BCUT2D eigenvalue weighted by Gasteiger charge is 2.34. The number of pyridine rings is 1. The van der Waals surface area contributed by atoms with Crippen molar-refractivity contribution in [3.63, 3.8) is 0 Å². The Labute approximate surface area is 133 Å². The number of nitrogens with one attached hydrogen (secondary N) is 1. The van der Waals surface area contributed by atoms with Crippen molar-refractivity contribution in [3.8, 4) is 5.75 Å². The second-order valence-corrected chi connectivity index (χ2v) is 4.68. The van der Waals surface area contributed by atoms with Crippen LogP contribution in [-0.4, -0.2) is 28.0 Å². The van der Waals surface area contributed by atoms with Crippen molar-refractivity contribution >= 4 is 17.5 Å². The van der Waals surface area contributed by atoms with Crippen LogP contribution in [0, 0.1) is 0 Å². The molecule has 2 rings (SSSR count). The van der Waals surface area contributed by atoms with Crippen molar-refractivity contribution in [2.24, 2.45) is 0 Å². The van der Waals surface area contributed by atoms with Gasteiger partial charge in [0, 0.05) is 12.4 Å². The molecule has 2 aromatic heterocycles. The van der Waals surface area contributed by atoms with Crippen LogP contribution in [0.15, 0.2) is 24.5 Å². The Hall–Kier alpha value is -2.42. The predicted octanol–water partition coefficient (Wildman–Crippen LogP) is 2.48. The lowest BCUT2D eigenvalue weighted by molar-refractivity contribution is -0.141. The van der Waals surface area contributed by atoms with Gasteiger partial charge in [-0.3, -0.25) is 4.79 Å². The molecular formula is C13H10ClF3N4O2. The van der Waals surface area contributed by atoms with E-state index < -0.39 is 23.5 Å². The van der Waals surface area contributed by atoms with Crippen molar-refractivity contribution < 1.29 is 22.7 Å². The molecule has 0 unspecified atom stereocenters. The van der Waals surface area contributed by atoms with E-state index in [0.717, 1.165) is 12.1 Å². The summed E-state index contributed by atoms with van der Waals surface area (Å²) in [6.07, 6.45) is -2.00. The third kappa shape index (κ3) is 4.28. The van der Waals surface area contributed by atoms with Crippen LogP contribution in [0.25, 0.3) is 0 Å². The van der Waals surface area contributed by atoms with Gasteiger partial charge in [0.1, 0.15) is 17.3 Å². The number of carbonyl (C=O) groups excluding carboxylic acids is 1. The Balaban J connectivity index is 2.18. The summed E-state index contributed by atoms with van der Waals surface area (Å²) < 4.78 is 42.9. The van der Waals surface area contributed by atoms with Gasteiger partial charge >= 0.3 is 6.18 Å². The SMILES string of the molecule is COc1ccc(C(F)(F)F)nc1C(=O)NCc1ncc(Cl)cn1. The Morgan fingerprint density at radius 2 is 1.96 bits per heavy atom. The van der Waals surface area contributed by atoms with Crippen LogP contribution in [0.5, 0.6) is 5.75 Å². The normalized spacial score (nSPS) is 11.2. The van der Waals surface area contributed by atoms with E-state index in [2.05, 4.69) is 20.3 Å². The van der Waals surface area contributed by atoms with Crippen LogP contribution in [-0.2, 0) is 12.7 Å². The summed E-state index contributed by atoms with van der Waals surface area (Å²) >= 11 is 5.62. The fraction of sp³-hybridized carbons (Fsp3) is 0.231. The van der Waals surface area contributed by atoms with Crippen LogP contribution in [0.3, 0.4) is 0 Å². The summed E-state index contributed by atoms with van der Waals surface area (Å²) in [6.45, 7) is -0.100. The summed E-state index contributed by atoms with van der Waals surface area (Å²) in [4.78, 5) is 23.1. The van der Waals surface area contributed by atoms with Crippen molar-refractivity contribution in [2.45, 2.75) is 12.7 Å². The fourth-order valence-corrected chi connectivity index (χ4v) is 1.70. The summed E-state index contributed by atoms with van der Waals surface area (Å²) in [5, 5.41) is 2.69. The Kier molecular flexibility index (Phi) is 4.99. The van der Waals surface area contributed by atoms with Crippen LogP contribution < -0.4 is 10.1 Å². The maximum absolute atomic E-state index is 12.7. The minimum absolute atomic E-state index is 0.0764. The number of hydrogen-bond acceptors (Lipinski definition) is 5. The number of hydrogen-bond donors (Lipinski definition) is 1. The zero-order chi connectivity index (χ0) is 17.0. The van der Waals surface area contributed by atoms with Crippen molar-refractivity contribution in [1.29, 1.82) is 0 Å². The molecule has 2 aromatic rings. The summed E-state index contributed by atoms with van der Waals surface area (Å²) in [7, 11) is 1.23. The Morgan fingerprint density at radius 1 is 1.30 bits per heavy atom. The minimum Gasteiger partial charge on any atom is -0.494 e. The molecule has 1 amide bonds. The Morgan fingerprint density at radius 3 is 2.52 bits per heavy atom. The van der Waals surface area contributed by atoms with Gasteiger partial charge in [-0.05, 0) is 12.1 Å². The first-order valence-corrected chi connectivity index (χ1v) is 6.56. The number of carbonyl (C=O) groups is 1. The number of nitrogens with zero attached hydrogens (tertiary/aromatic N) is 3. The van der Waals surface area contributed by atoms with Gasteiger partial charge < -0.3 is 10.1 Å². The highest BCUT2D eigenvalue weighted by molar-refractivity contribution is 6.30. The zero-order valence-electron chi connectivity index (χ0n) is 11.7. The number of methoxy groups -OCH3 is 1. The lowest BCUT2D eigenvalue weighted by Crippen LogP contribution is -2.26. The fourth-order valence-electron chi connectivity index (χ4n) is 1.60. The molecule has 0 radical (unpaired) electrons. The number of rotatable bonds is 4.